The first-order chi connectivity index (χ1) is 14.4. The molecule has 0 spiro atoms. The highest BCUT2D eigenvalue weighted by atomic mass is 16.5. The highest BCUT2D eigenvalue weighted by Gasteiger charge is 2.04. The van der Waals surface area contributed by atoms with Crippen molar-refractivity contribution in [3.8, 4) is 11.5 Å². The van der Waals surface area contributed by atoms with Crippen molar-refractivity contribution in [3.63, 3.8) is 0 Å². The van der Waals surface area contributed by atoms with Crippen LogP contribution in [0, 0.1) is 0 Å². The van der Waals surface area contributed by atoms with Crippen LogP contribution in [0.4, 0.5) is 0 Å². The molecule has 7 nitrogen and oxygen atoms in total. The Balaban J connectivity index is 2.08. The topological polar surface area (TPSA) is 80.3 Å². The van der Waals surface area contributed by atoms with Crippen LogP contribution < -0.4 is 9.47 Å². The van der Waals surface area contributed by atoms with E-state index in [0.29, 0.717) is 68.5 Å². The van der Waals surface area contributed by atoms with Crippen molar-refractivity contribution in [3.05, 3.63) is 48.6 Å². The summed E-state index contributed by atoms with van der Waals surface area (Å²) < 4.78 is 26.8. The van der Waals surface area contributed by atoms with E-state index in [-0.39, 0.29) is 18.5 Å². The zero-order chi connectivity index (χ0) is 22.2. The Morgan fingerprint density at radius 1 is 0.733 bits per heavy atom. The molecular weight excluding hydrogens is 388 g/mol. The van der Waals surface area contributed by atoms with Gasteiger partial charge in [0.15, 0.2) is 0 Å². The first-order valence-corrected chi connectivity index (χ1v) is 9.99. The fraction of sp³-hybridized carbons (Fsp3) is 0.478. The lowest BCUT2D eigenvalue weighted by molar-refractivity contribution is -0.140. The Labute approximate surface area is 178 Å². The fourth-order valence-electron chi connectivity index (χ4n) is 2.09. The first kappa shape index (κ1) is 25.2. The van der Waals surface area contributed by atoms with E-state index in [1.54, 1.807) is 13.8 Å². The van der Waals surface area contributed by atoms with Gasteiger partial charge < -0.3 is 23.7 Å². The molecule has 0 radical (unpaired) electrons. The normalized spacial score (nSPS) is 10.2. The number of hydrogen-bond donors (Lipinski definition) is 0. The van der Waals surface area contributed by atoms with Crippen LogP contribution >= 0.6 is 0 Å². The van der Waals surface area contributed by atoms with Gasteiger partial charge in [0, 0.05) is 49.7 Å². The molecule has 0 saturated heterocycles. The minimum absolute atomic E-state index is 0.290. The molecule has 0 atom stereocenters. The standard InChI is InChI=1S/C23H32O7/c1-18(2)22(24)29-15-7-12-26-11-6-13-27-20-9-5-10-21(17-20)28-14-8-16-30-23(25)19(3)4/h5,9-10,17H,1,3,6-8,11-16H2,2,4H3. The van der Waals surface area contributed by atoms with Crippen LogP contribution in [0.5, 0.6) is 11.5 Å². The minimum Gasteiger partial charge on any atom is -0.493 e. The van der Waals surface area contributed by atoms with Crippen molar-refractivity contribution in [2.75, 3.05) is 39.6 Å². The quantitative estimate of drug-likeness (QED) is 0.228. The smallest absolute Gasteiger partial charge is 0.333 e. The van der Waals surface area contributed by atoms with Gasteiger partial charge in [0.25, 0.3) is 0 Å². The summed E-state index contributed by atoms with van der Waals surface area (Å²) in [7, 11) is 0. The Morgan fingerprint density at radius 2 is 1.17 bits per heavy atom. The lowest BCUT2D eigenvalue weighted by Gasteiger charge is -2.10. The van der Waals surface area contributed by atoms with Crippen LogP contribution in [-0.2, 0) is 23.8 Å². The van der Waals surface area contributed by atoms with Crippen molar-refractivity contribution in [2.24, 2.45) is 0 Å². The summed E-state index contributed by atoms with van der Waals surface area (Å²) in [6, 6.07) is 7.38. The third-order valence-corrected chi connectivity index (χ3v) is 3.66. The maximum atomic E-state index is 11.3. The second-order valence-corrected chi connectivity index (χ2v) is 6.68. The van der Waals surface area contributed by atoms with Crippen LogP contribution in [0.3, 0.4) is 0 Å². The van der Waals surface area contributed by atoms with Gasteiger partial charge in [-0.1, -0.05) is 19.2 Å². The molecule has 0 aromatic heterocycles. The fourth-order valence-corrected chi connectivity index (χ4v) is 2.09. The van der Waals surface area contributed by atoms with Gasteiger partial charge >= 0.3 is 11.9 Å². The Bertz CT molecular complexity index is 697. The number of ether oxygens (including phenoxy) is 5. The van der Waals surface area contributed by atoms with Crippen LogP contribution in [0.25, 0.3) is 0 Å². The summed E-state index contributed by atoms with van der Waals surface area (Å²) in [5.41, 5.74) is 0.780. The molecule has 0 heterocycles. The maximum Gasteiger partial charge on any atom is 0.333 e. The van der Waals surface area contributed by atoms with Crippen LogP contribution in [-0.4, -0.2) is 51.6 Å². The van der Waals surface area contributed by atoms with E-state index in [4.69, 9.17) is 23.7 Å². The van der Waals surface area contributed by atoms with Crippen molar-refractivity contribution in [2.45, 2.75) is 33.1 Å². The predicted octanol–water partition coefficient (Wildman–Crippen LogP) is 3.87. The largest absolute Gasteiger partial charge is 0.493 e. The molecule has 1 aromatic rings. The molecule has 7 heteroatoms. The van der Waals surface area contributed by atoms with Crippen LogP contribution in [0.1, 0.15) is 33.1 Å². The summed E-state index contributed by atoms with van der Waals surface area (Å²) in [5, 5.41) is 0. The van der Waals surface area contributed by atoms with Gasteiger partial charge in [-0.3, -0.25) is 0 Å². The molecule has 0 aliphatic heterocycles. The van der Waals surface area contributed by atoms with Crippen LogP contribution in [0.15, 0.2) is 48.6 Å². The van der Waals surface area contributed by atoms with E-state index in [2.05, 4.69) is 13.2 Å². The Kier molecular flexibility index (Phi) is 12.7. The lowest BCUT2D eigenvalue weighted by atomic mass is 10.3. The molecule has 0 unspecified atom stereocenters. The zero-order valence-electron chi connectivity index (χ0n) is 17.9. The summed E-state index contributed by atoms with van der Waals surface area (Å²) in [6.07, 6.45) is 1.98. The summed E-state index contributed by atoms with van der Waals surface area (Å²) in [6.45, 7) is 12.9. The van der Waals surface area contributed by atoms with E-state index in [1.165, 1.54) is 0 Å². The van der Waals surface area contributed by atoms with Gasteiger partial charge in [0.2, 0.25) is 0 Å². The van der Waals surface area contributed by atoms with E-state index in [1.807, 2.05) is 24.3 Å². The summed E-state index contributed by atoms with van der Waals surface area (Å²) >= 11 is 0. The number of hydrogen-bond acceptors (Lipinski definition) is 7. The zero-order valence-corrected chi connectivity index (χ0v) is 17.9. The van der Waals surface area contributed by atoms with E-state index >= 15 is 0 Å². The van der Waals surface area contributed by atoms with E-state index in [9.17, 15) is 9.59 Å². The summed E-state index contributed by atoms with van der Waals surface area (Å²) in [4.78, 5) is 22.5. The SMILES string of the molecule is C=C(C)C(=O)OCCCOCCCOc1cccc(OCCCOC(=O)C(=C)C)c1. The minimum atomic E-state index is -0.388. The molecule has 0 aliphatic carbocycles. The monoisotopic (exact) mass is 420 g/mol. The molecule has 0 amide bonds. The third-order valence-electron chi connectivity index (χ3n) is 3.66. The first-order valence-electron chi connectivity index (χ1n) is 9.99. The van der Waals surface area contributed by atoms with E-state index in [0.717, 1.165) is 6.42 Å². The van der Waals surface area contributed by atoms with Crippen molar-refractivity contribution >= 4 is 11.9 Å². The average molecular weight is 421 g/mol. The molecule has 0 fully saturated rings. The van der Waals surface area contributed by atoms with Gasteiger partial charge in [-0.2, -0.15) is 0 Å². The number of carbonyl (C=O) groups is 2. The predicted molar refractivity (Wildman–Crippen MR) is 114 cm³/mol. The lowest BCUT2D eigenvalue weighted by Crippen LogP contribution is -2.09. The molecule has 30 heavy (non-hydrogen) atoms. The second kappa shape index (κ2) is 15.1. The highest BCUT2D eigenvalue weighted by molar-refractivity contribution is 5.87. The van der Waals surface area contributed by atoms with Crippen molar-refractivity contribution in [1.82, 2.24) is 0 Å². The maximum absolute atomic E-state index is 11.3. The van der Waals surface area contributed by atoms with Gasteiger partial charge in [-0.05, 0) is 26.0 Å². The van der Waals surface area contributed by atoms with Gasteiger partial charge in [-0.15, -0.1) is 0 Å². The molecular formula is C23H32O7. The molecule has 0 aliphatic rings. The number of rotatable bonds is 16. The Morgan fingerprint density at radius 3 is 1.63 bits per heavy atom. The molecule has 0 N–H and O–H groups in total. The number of benzene rings is 1. The molecule has 1 rings (SSSR count). The van der Waals surface area contributed by atoms with E-state index < -0.39 is 0 Å². The summed E-state index contributed by atoms with van der Waals surface area (Å²) in [5.74, 6) is 0.647. The van der Waals surface area contributed by atoms with Crippen molar-refractivity contribution < 1.29 is 33.3 Å². The third kappa shape index (κ3) is 11.9. The molecule has 1 aromatic carbocycles. The number of esters is 2. The molecule has 166 valence electrons. The van der Waals surface area contributed by atoms with Crippen molar-refractivity contribution in [1.29, 1.82) is 0 Å². The Hall–Kier alpha value is -2.80. The molecule has 0 saturated carbocycles. The van der Waals surface area contributed by atoms with Crippen LogP contribution in [0.2, 0.25) is 0 Å². The van der Waals surface area contributed by atoms with Gasteiger partial charge in [0.05, 0.1) is 26.4 Å². The number of carbonyl (C=O) groups excluding carboxylic acids is 2. The van der Waals surface area contributed by atoms with Gasteiger partial charge in [-0.25, -0.2) is 9.59 Å². The highest BCUT2D eigenvalue weighted by Crippen LogP contribution is 2.19. The van der Waals surface area contributed by atoms with Gasteiger partial charge in [0.1, 0.15) is 11.5 Å². The average Bonchev–Trinajstić information content (AvgIpc) is 2.72. The second-order valence-electron chi connectivity index (χ2n) is 6.68. The molecule has 0 bridgehead atoms.